The summed E-state index contributed by atoms with van der Waals surface area (Å²) in [6.07, 6.45) is 2.96. The molecule has 1 spiro atoms. The second-order valence-corrected chi connectivity index (χ2v) is 6.66. The number of carbonyl (C=O) groups excluding carboxylic acids is 2. The Labute approximate surface area is 144 Å². The highest BCUT2D eigenvalue weighted by Crippen LogP contribution is 2.30. The maximum absolute atomic E-state index is 12.4. The molecule has 2 aliphatic heterocycles. The van der Waals surface area contributed by atoms with E-state index in [0.717, 1.165) is 0 Å². The minimum Gasteiger partial charge on any atom is -0.363 e. The molecular formula is C16H22N4O5. The first-order valence-corrected chi connectivity index (χ1v) is 8.34. The van der Waals surface area contributed by atoms with Gasteiger partial charge in [0.05, 0.1) is 5.60 Å². The van der Waals surface area contributed by atoms with E-state index < -0.39 is 11.2 Å². The predicted molar refractivity (Wildman–Crippen MR) is 88.1 cm³/mol. The molecule has 1 N–H and O–H groups in total. The Balaban J connectivity index is 1.52. The van der Waals surface area contributed by atoms with Gasteiger partial charge in [-0.15, -0.1) is 0 Å². The lowest BCUT2D eigenvalue weighted by Crippen LogP contribution is -2.58. The van der Waals surface area contributed by atoms with Gasteiger partial charge in [0.25, 0.3) is 5.56 Å². The molecule has 3 rings (SSSR count). The van der Waals surface area contributed by atoms with Crippen LogP contribution in [0.2, 0.25) is 0 Å². The number of likely N-dealkylation sites (tertiary alicyclic amines) is 1. The molecule has 9 nitrogen and oxygen atoms in total. The SMILES string of the molecule is CN1CC2(CCN(C(=O)CCn3ccc(=O)[nH]c3=O)CC2)OCC1=O. The smallest absolute Gasteiger partial charge is 0.328 e. The molecule has 0 saturated carbocycles. The zero-order valence-corrected chi connectivity index (χ0v) is 14.2. The molecule has 1 aromatic heterocycles. The molecule has 0 aromatic carbocycles. The number of hydrogen-bond acceptors (Lipinski definition) is 5. The molecule has 0 atom stereocenters. The van der Waals surface area contributed by atoms with Crippen LogP contribution >= 0.6 is 0 Å². The number of nitrogens with one attached hydrogen (secondary N) is 1. The van der Waals surface area contributed by atoms with Crippen LogP contribution in [0.4, 0.5) is 0 Å². The topological polar surface area (TPSA) is 105 Å². The molecule has 0 aliphatic carbocycles. The van der Waals surface area contributed by atoms with Crippen molar-refractivity contribution in [2.45, 2.75) is 31.4 Å². The number of piperidine rings is 1. The lowest BCUT2D eigenvalue weighted by atomic mass is 9.89. The molecule has 2 amide bonds. The second-order valence-electron chi connectivity index (χ2n) is 6.66. The van der Waals surface area contributed by atoms with E-state index >= 15 is 0 Å². The average molecular weight is 350 g/mol. The summed E-state index contributed by atoms with van der Waals surface area (Å²) >= 11 is 0. The quantitative estimate of drug-likeness (QED) is 0.735. The summed E-state index contributed by atoms with van der Waals surface area (Å²) in [6, 6.07) is 1.26. The van der Waals surface area contributed by atoms with Crippen molar-refractivity contribution in [2.75, 3.05) is 33.3 Å². The molecule has 2 saturated heterocycles. The number of aromatic amines is 1. The summed E-state index contributed by atoms with van der Waals surface area (Å²) in [7, 11) is 1.77. The van der Waals surface area contributed by atoms with E-state index in [4.69, 9.17) is 4.74 Å². The van der Waals surface area contributed by atoms with E-state index in [9.17, 15) is 19.2 Å². The summed E-state index contributed by atoms with van der Waals surface area (Å²) in [4.78, 5) is 52.2. The molecule has 136 valence electrons. The van der Waals surface area contributed by atoms with Crippen molar-refractivity contribution in [3.8, 4) is 0 Å². The average Bonchev–Trinajstić information content (AvgIpc) is 2.58. The van der Waals surface area contributed by atoms with E-state index in [1.54, 1.807) is 16.8 Å². The van der Waals surface area contributed by atoms with E-state index in [0.29, 0.717) is 32.5 Å². The van der Waals surface area contributed by atoms with E-state index in [-0.39, 0.29) is 37.0 Å². The van der Waals surface area contributed by atoms with Gasteiger partial charge in [0.2, 0.25) is 11.8 Å². The number of amides is 2. The van der Waals surface area contributed by atoms with Gasteiger partial charge in [0, 0.05) is 51.9 Å². The number of likely N-dealkylation sites (N-methyl/N-ethyl adjacent to an activating group) is 1. The van der Waals surface area contributed by atoms with Gasteiger partial charge in [0.1, 0.15) is 6.61 Å². The number of carbonyl (C=O) groups is 2. The van der Waals surface area contributed by atoms with Crippen molar-refractivity contribution in [1.29, 1.82) is 0 Å². The van der Waals surface area contributed by atoms with Gasteiger partial charge in [-0.3, -0.25) is 19.4 Å². The van der Waals surface area contributed by atoms with Crippen LogP contribution in [0.5, 0.6) is 0 Å². The van der Waals surface area contributed by atoms with Crippen molar-refractivity contribution >= 4 is 11.8 Å². The Morgan fingerprint density at radius 3 is 2.64 bits per heavy atom. The van der Waals surface area contributed by atoms with Crippen LogP contribution in [0, 0.1) is 0 Å². The van der Waals surface area contributed by atoms with Crippen LogP contribution < -0.4 is 11.2 Å². The number of morpholine rings is 1. The van der Waals surface area contributed by atoms with Crippen molar-refractivity contribution in [3.63, 3.8) is 0 Å². The molecule has 3 heterocycles. The Morgan fingerprint density at radius 2 is 2.00 bits per heavy atom. The van der Waals surface area contributed by atoms with E-state index in [1.807, 2.05) is 0 Å². The molecule has 9 heteroatoms. The molecule has 2 aliphatic rings. The van der Waals surface area contributed by atoms with Gasteiger partial charge in [-0.1, -0.05) is 0 Å². The van der Waals surface area contributed by atoms with Crippen LogP contribution in [0.15, 0.2) is 21.9 Å². The van der Waals surface area contributed by atoms with Gasteiger partial charge >= 0.3 is 5.69 Å². The van der Waals surface area contributed by atoms with Gasteiger partial charge < -0.3 is 19.1 Å². The summed E-state index contributed by atoms with van der Waals surface area (Å²) in [5.41, 5.74) is -1.32. The Hall–Kier alpha value is -2.42. The third-order valence-corrected chi connectivity index (χ3v) is 4.94. The molecule has 0 bridgehead atoms. The second kappa shape index (κ2) is 6.83. The predicted octanol–water partition coefficient (Wildman–Crippen LogP) is -1.22. The Bertz CT molecular complexity index is 775. The third kappa shape index (κ3) is 3.81. The zero-order valence-electron chi connectivity index (χ0n) is 14.2. The first-order valence-electron chi connectivity index (χ1n) is 8.34. The highest BCUT2D eigenvalue weighted by atomic mass is 16.5. The number of aryl methyl sites for hydroxylation is 1. The third-order valence-electron chi connectivity index (χ3n) is 4.94. The fourth-order valence-corrected chi connectivity index (χ4v) is 3.35. The van der Waals surface area contributed by atoms with Crippen molar-refractivity contribution in [3.05, 3.63) is 33.1 Å². The van der Waals surface area contributed by atoms with Crippen LogP contribution in [-0.4, -0.2) is 70.1 Å². The van der Waals surface area contributed by atoms with E-state index in [1.165, 1.54) is 16.8 Å². The van der Waals surface area contributed by atoms with Crippen LogP contribution in [0.25, 0.3) is 0 Å². The van der Waals surface area contributed by atoms with Crippen LogP contribution in [0.1, 0.15) is 19.3 Å². The zero-order chi connectivity index (χ0) is 18.0. The maximum atomic E-state index is 12.4. The Kier molecular flexibility index (Phi) is 4.76. The minimum absolute atomic E-state index is 0.0181. The summed E-state index contributed by atoms with van der Waals surface area (Å²) in [6.45, 7) is 2.02. The maximum Gasteiger partial charge on any atom is 0.328 e. The van der Waals surface area contributed by atoms with Crippen LogP contribution in [0.3, 0.4) is 0 Å². The molecular weight excluding hydrogens is 328 g/mol. The standard InChI is InChI=1S/C16H22N4O5/c1-18-11-16(25-10-14(18)23)4-8-19(9-5-16)13(22)3-7-20-6-2-12(21)17-15(20)24/h2,6H,3-5,7-11H2,1H3,(H,17,21,24). The fraction of sp³-hybridized carbons (Fsp3) is 0.625. The van der Waals surface area contributed by atoms with Gasteiger partial charge in [0.15, 0.2) is 0 Å². The minimum atomic E-state index is -0.513. The lowest BCUT2D eigenvalue weighted by Gasteiger charge is -2.46. The largest absolute Gasteiger partial charge is 0.363 e. The van der Waals surface area contributed by atoms with Crippen molar-refractivity contribution in [1.82, 2.24) is 19.4 Å². The number of aromatic nitrogens is 2. The highest BCUT2D eigenvalue weighted by molar-refractivity contribution is 5.78. The van der Waals surface area contributed by atoms with Gasteiger partial charge in [-0.25, -0.2) is 4.79 Å². The highest BCUT2D eigenvalue weighted by Gasteiger charge is 2.41. The number of hydrogen-bond donors (Lipinski definition) is 1. The summed E-state index contributed by atoms with van der Waals surface area (Å²) < 4.78 is 7.08. The lowest BCUT2D eigenvalue weighted by molar-refractivity contribution is -0.170. The number of ether oxygens (including phenoxy) is 1. The van der Waals surface area contributed by atoms with Gasteiger partial charge in [-0.05, 0) is 12.8 Å². The summed E-state index contributed by atoms with van der Waals surface area (Å²) in [5.74, 6) is -0.0522. The first-order chi connectivity index (χ1) is 11.9. The number of H-pyrrole nitrogens is 1. The normalized spacial score (nSPS) is 20.1. The molecule has 0 radical (unpaired) electrons. The monoisotopic (exact) mass is 350 g/mol. The molecule has 25 heavy (non-hydrogen) atoms. The van der Waals surface area contributed by atoms with Gasteiger partial charge in [-0.2, -0.15) is 0 Å². The van der Waals surface area contributed by atoms with E-state index in [2.05, 4.69) is 4.98 Å². The van der Waals surface area contributed by atoms with Crippen molar-refractivity contribution in [2.24, 2.45) is 0 Å². The van der Waals surface area contributed by atoms with Crippen LogP contribution in [-0.2, 0) is 20.9 Å². The molecule has 2 fully saturated rings. The molecule has 0 unspecified atom stereocenters. The number of nitrogens with zero attached hydrogens (tertiary/aromatic N) is 3. The molecule has 1 aromatic rings. The first kappa shape index (κ1) is 17.4. The fourth-order valence-electron chi connectivity index (χ4n) is 3.35. The van der Waals surface area contributed by atoms with Crippen molar-refractivity contribution < 1.29 is 14.3 Å². The number of rotatable bonds is 3. The summed E-state index contributed by atoms with van der Waals surface area (Å²) in [5, 5.41) is 0. The Morgan fingerprint density at radius 1 is 1.28 bits per heavy atom.